The minimum atomic E-state index is -0.245. The van der Waals surface area contributed by atoms with E-state index in [-0.39, 0.29) is 5.91 Å². The number of aromatic nitrogens is 3. The van der Waals surface area contributed by atoms with Crippen molar-refractivity contribution in [1.82, 2.24) is 19.7 Å². The largest absolute Gasteiger partial charge is 0.383 e. The number of carbonyl (C=O) groups excluding carboxylic acids is 1. The number of nitrogens with one attached hydrogen (secondary N) is 1. The van der Waals surface area contributed by atoms with Crippen LogP contribution < -0.4 is 10.2 Å². The second-order valence-corrected chi connectivity index (χ2v) is 6.11. The van der Waals surface area contributed by atoms with Crippen molar-refractivity contribution in [2.24, 2.45) is 0 Å². The number of nitrogens with zero attached hydrogens (tertiary/aromatic N) is 5. The van der Waals surface area contributed by atoms with Gasteiger partial charge in [-0.15, -0.1) is 0 Å². The van der Waals surface area contributed by atoms with Gasteiger partial charge >= 0.3 is 0 Å². The Labute approximate surface area is 147 Å². The Balaban J connectivity index is 1.57. The summed E-state index contributed by atoms with van der Waals surface area (Å²) in [5.41, 5.74) is 1.04. The molecule has 25 heavy (non-hydrogen) atoms. The summed E-state index contributed by atoms with van der Waals surface area (Å²) in [4.78, 5) is 21.3. The lowest BCUT2D eigenvalue weighted by molar-refractivity contribution is 0.102. The van der Waals surface area contributed by atoms with Crippen molar-refractivity contribution in [1.29, 1.82) is 0 Å². The van der Waals surface area contributed by atoms with Gasteiger partial charge in [0.1, 0.15) is 5.82 Å². The van der Waals surface area contributed by atoms with Crippen LogP contribution in [0.1, 0.15) is 10.5 Å². The predicted molar refractivity (Wildman–Crippen MR) is 96.0 cm³/mol. The summed E-state index contributed by atoms with van der Waals surface area (Å²) in [6.45, 7) is 5.17. The molecule has 3 heterocycles. The first-order chi connectivity index (χ1) is 12.2. The maximum Gasteiger partial charge on any atom is 0.276 e. The molecule has 0 bridgehead atoms. The van der Waals surface area contributed by atoms with Crippen molar-refractivity contribution in [2.45, 2.75) is 6.54 Å². The van der Waals surface area contributed by atoms with Crippen LogP contribution in [0.4, 0.5) is 11.5 Å². The van der Waals surface area contributed by atoms with Gasteiger partial charge in [0, 0.05) is 39.5 Å². The third-order valence-electron chi connectivity index (χ3n) is 4.23. The van der Waals surface area contributed by atoms with E-state index in [4.69, 9.17) is 4.74 Å². The van der Waals surface area contributed by atoms with Gasteiger partial charge < -0.3 is 19.9 Å². The summed E-state index contributed by atoms with van der Waals surface area (Å²) >= 11 is 0. The highest BCUT2D eigenvalue weighted by Crippen LogP contribution is 2.16. The molecule has 0 unspecified atom stereocenters. The van der Waals surface area contributed by atoms with Gasteiger partial charge in [0.25, 0.3) is 5.91 Å². The lowest BCUT2D eigenvalue weighted by Gasteiger charge is -2.33. The number of methoxy groups -OCH3 is 1. The zero-order chi connectivity index (χ0) is 17.6. The van der Waals surface area contributed by atoms with Crippen LogP contribution in [-0.2, 0) is 11.3 Å². The molecule has 0 aliphatic carbocycles. The van der Waals surface area contributed by atoms with Crippen molar-refractivity contribution in [3.8, 4) is 0 Å². The van der Waals surface area contributed by atoms with Gasteiger partial charge in [0.2, 0.25) is 0 Å². The van der Waals surface area contributed by atoms with E-state index in [2.05, 4.69) is 32.2 Å². The number of amides is 1. The predicted octanol–water partition coefficient (Wildman–Crippen LogP) is 0.929. The number of hydrogen-bond acceptors (Lipinski definition) is 6. The van der Waals surface area contributed by atoms with Crippen LogP contribution in [0.5, 0.6) is 0 Å². The number of ether oxygens (including phenoxy) is 1. The average Bonchev–Trinajstić information content (AvgIpc) is 3.10. The molecule has 0 radical (unpaired) electrons. The van der Waals surface area contributed by atoms with Crippen molar-refractivity contribution in [3.05, 3.63) is 36.3 Å². The van der Waals surface area contributed by atoms with E-state index >= 15 is 0 Å². The topological polar surface area (TPSA) is 75.5 Å². The van der Waals surface area contributed by atoms with E-state index in [1.807, 2.05) is 12.1 Å². The Morgan fingerprint density at radius 2 is 2.04 bits per heavy atom. The molecule has 8 heteroatoms. The smallest absolute Gasteiger partial charge is 0.276 e. The summed E-state index contributed by atoms with van der Waals surface area (Å²) < 4.78 is 6.69. The molecule has 1 amide bonds. The zero-order valence-electron chi connectivity index (χ0n) is 14.7. The standard InChI is InChI=1S/C17H24N6O2/c1-21-7-9-22(10-8-21)16-4-3-14(13-18-16)19-17(24)15-5-6-23(20-15)11-12-25-2/h3-6,13H,7-12H2,1-2H3,(H,19,24). The molecule has 1 saturated heterocycles. The summed E-state index contributed by atoms with van der Waals surface area (Å²) in [5.74, 6) is 0.695. The highest BCUT2D eigenvalue weighted by molar-refractivity contribution is 6.02. The molecule has 1 aliphatic rings. The number of anilines is 2. The average molecular weight is 344 g/mol. The molecule has 8 nitrogen and oxygen atoms in total. The van der Waals surface area contributed by atoms with E-state index < -0.39 is 0 Å². The van der Waals surface area contributed by atoms with E-state index in [0.717, 1.165) is 32.0 Å². The first-order valence-corrected chi connectivity index (χ1v) is 8.39. The molecule has 134 valence electrons. The summed E-state index contributed by atoms with van der Waals surface area (Å²) in [6, 6.07) is 5.51. The minimum absolute atomic E-state index is 0.245. The third kappa shape index (κ3) is 4.55. The molecule has 1 N–H and O–H groups in total. The minimum Gasteiger partial charge on any atom is -0.383 e. The molecular weight excluding hydrogens is 320 g/mol. The molecule has 0 aromatic carbocycles. The van der Waals surface area contributed by atoms with Gasteiger partial charge in [-0.25, -0.2) is 4.98 Å². The van der Waals surface area contributed by atoms with E-state index in [0.29, 0.717) is 24.5 Å². The molecule has 2 aromatic heterocycles. The van der Waals surface area contributed by atoms with Crippen LogP contribution in [0.3, 0.4) is 0 Å². The number of hydrogen-bond donors (Lipinski definition) is 1. The Morgan fingerprint density at radius 1 is 1.24 bits per heavy atom. The lowest BCUT2D eigenvalue weighted by atomic mass is 10.3. The Morgan fingerprint density at radius 3 is 2.72 bits per heavy atom. The van der Waals surface area contributed by atoms with Crippen molar-refractivity contribution in [3.63, 3.8) is 0 Å². The Kier molecular flexibility index (Phi) is 5.62. The van der Waals surface area contributed by atoms with Gasteiger partial charge in [0.15, 0.2) is 5.69 Å². The molecule has 0 spiro atoms. The first kappa shape index (κ1) is 17.4. The summed E-state index contributed by atoms with van der Waals surface area (Å²) in [6.07, 6.45) is 3.45. The highest BCUT2D eigenvalue weighted by Gasteiger charge is 2.15. The van der Waals surface area contributed by atoms with Gasteiger partial charge in [0.05, 0.1) is 25.0 Å². The van der Waals surface area contributed by atoms with E-state index in [1.54, 1.807) is 30.3 Å². The van der Waals surface area contributed by atoms with Crippen LogP contribution >= 0.6 is 0 Å². The van der Waals surface area contributed by atoms with Gasteiger partial charge in [-0.3, -0.25) is 9.48 Å². The fourth-order valence-corrected chi connectivity index (χ4v) is 2.67. The lowest BCUT2D eigenvalue weighted by Crippen LogP contribution is -2.44. The van der Waals surface area contributed by atoms with Gasteiger partial charge in [-0.05, 0) is 25.2 Å². The normalized spacial score (nSPS) is 15.4. The second-order valence-electron chi connectivity index (χ2n) is 6.11. The molecule has 0 saturated carbocycles. The fourth-order valence-electron chi connectivity index (χ4n) is 2.67. The van der Waals surface area contributed by atoms with Crippen LogP contribution in [-0.4, -0.2) is 72.5 Å². The fraction of sp³-hybridized carbons (Fsp3) is 0.471. The van der Waals surface area contributed by atoms with Gasteiger partial charge in [-0.1, -0.05) is 0 Å². The van der Waals surface area contributed by atoms with Crippen LogP contribution in [0, 0.1) is 0 Å². The molecule has 1 fully saturated rings. The molecule has 1 aliphatic heterocycles. The van der Waals surface area contributed by atoms with Crippen molar-refractivity contribution in [2.75, 3.05) is 57.2 Å². The first-order valence-electron chi connectivity index (χ1n) is 8.39. The molecule has 3 rings (SSSR count). The van der Waals surface area contributed by atoms with Crippen LogP contribution in [0.25, 0.3) is 0 Å². The molecule has 0 atom stereocenters. The summed E-state index contributed by atoms with van der Waals surface area (Å²) in [7, 11) is 3.76. The number of pyridine rings is 1. The van der Waals surface area contributed by atoms with Gasteiger partial charge in [-0.2, -0.15) is 5.10 Å². The number of carbonyl (C=O) groups is 1. The Hall–Kier alpha value is -2.45. The quantitative estimate of drug-likeness (QED) is 0.840. The van der Waals surface area contributed by atoms with Crippen molar-refractivity contribution < 1.29 is 9.53 Å². The number of rotatable bonds is 6. The highest BCUT2D eigenvalue weighted by atomic mass is 16.5. The monoisotopic (exact) mass is 344 g/mol. The maximum atomic E-state index is 12.3. The third-order valence-corrected chi connectivity index (χ3v) is 4.23. The van der Waals surface area contributed by atoms with Crippen LogP contribution in [0.2, 0.25) is 0 Å². The summed E-state index contributed by atoms with van der Waals surface area (Å²) in [5, 5.41) is 7.06. The maximum absolute atomic E-state index is 12.3. The number of likely N-dealkylation sites (N-methyl/N-ethyl adjacent to an activating group) is 1. The van der Waals surface area contributed by atoms with Crippen LogP contribution in [0.15, 0.2) is 30.6 Å². The van der Waals surface area contributed by atoms with Crippen molar-refractivity contribution >= 4 is 17.4 Å². The number of piperazine rings is 1. The Bertz CT molecular complexity index is 691. The van der Waals surface area contributed by atoms with E-state index in [1.165, 1.54) is 0 Å². The molecular formula is C17H24N6O2. The molecule has 2 aromatic rings. The zero-order valence-corrected chi connectivity index (χ0v) is 14.7. The van der Waals surface area contributed by atoms with E-state index in [9.17, 15) is 4.79 Å². The second kappa shape index (κ2) is 8.09. The SMILES string of the molecule is COCCn1ccc(C(=O)Nc2ccc(N3CCN(C)CC3)nc2)n1.